The Kier molecular flexibility index (Phi) is 5.24. The number of rotatable bonds is 7. The molecule has 0 heterocycles. The number of benzene rings is 2. The molecule has 0 saturated carbocycles. The van der Waals surface area contributed by atoms with Crippen LogP contribution in [0.4, 0.5) is 0 Å². The SMILES string of the molecule is [CH2]CCOc1ccc(-c2ccc(OCC=C)cc2)cc1. The molecular weight excluding hydrogens is 248 g/mol. The maximum atomic E-state index is 5.52. The molecule has 0 N–H and O–H groups in total. The van der Waals surface area contributed by atoms with Gasteiger partial charge in [-0.15, -0.1) is 0 Å². The summed E-state index contributed by atoms with van der Waals surface area (Å²) in [5.41, 5.74) is 2.31. The van der Waals surface area contributed by atoms with Gasteiger partial charge in [-0.2, -0.15) is 0 Å². The average Bonchev–Trinajstić information content (AvgIpc) is 2.52. The van der Waals surface area contributed by atoms with Crippen molar-refractivity contribution in [3.05, 3.63) is 68.1 Å². The highest BCUT2D eigenvalue weighted by Gasteiger charge is 1.99. The molecule has 0 amide bonds. The van der Waals surface area contributed by atoms with Gasteiger partial charge in [-0.25, -0.2) is 0 Å². The second-order valence-electron chi connectivity index (χ2n) is 4.35. The zero-order valence-corrected chi connectivity index (χ0v) is 11.5. The van der Waals surface area contributed by atoms with E-state index in [9.17, 15) is 0 Å². The summed E-state index contributed by atoms with van der Waals surface area (Å²) in [7, 11) is 0. The van der Waals surface area contributed by atoms with Gasteiger partial charge in [0.1, 0.15) is 18.1 Å². The largest absolute Gasteiger partial charge is 0.494 e. The molecule has 0 saturated heterocycles. The first kappa shape index (κ1) is 14.2. The van der Waals surface area contributed by atoms with E-state index < -0.39 is 0 Å². The van der Waals surface area contributed by atoms with Crippen LogP contribution < -0.4 is 9.47 Å². The molecule has 0 aliphatic carbocycles. The van der Waals surface area contributed by atoms with Gasteiger partial charge in [0.2, 0.25) is 0 Å². The van der Waals surface area contributed by atoms with Gasteiger partial charge in [0.15, 0.2) is 0 Å². The van der Waals surface area contributed by atoms with Gasteiger partial charge in [-0.05, 0) is 48.7 Å². The van der Waals surface area contributed by atoms with E-state index in [4.69, 9.17) is 9.47 Å². The maximum absolute atomic E-state index is 5.52. The van der Waals surface area contributed by atoms with E-state index >= 15 is 0 Å². The Balaban J connectivity index is 2.05. The quantitative estimate of drug-likeness (QED) is 0.687. The van der Waals surface area contributed by atoms with Crippen molar-refractivity contribution in [2.24, 2.45) is 0 Å². The Morgan fingerprint density at radius 1 is 0.800 bits per heavy atom. The smallest absolute Gasteiger partial charge is 0.119 e. The van der Waals surface area contributed by atoms with Crippen molar-refractivity contribution in [1.82, 2.24) is 0 Å². The van der Waals surface area contributed by atoms with Crippen LogP contribution in [0.1, 0.15) is 6.42 Å². The molecule has 103 valence electrons. The Morgan fingerprint density at radius 2 is 1.30 bits per heavy atom. The Morgan fingerprint density at radius 3 is 1.75 bits per heavy atom. The molecule has 0 spiro atoms. The first-order valence-electron chi connectivity index (χ1n) is 6.69. The molecule has 0 atom stereocenters. The van der Waals surface area contributed by atoms with Gasteiger partial charge in [-0.1, -0.05) is 36.9 Å². The van der Waals surface area contributed by atoms with Crippen molar-refractivity contribution < 1.29 is 9.47 Å². The van der Waals surface area contributed by atoms with Crippen LogP contribution in [-0.4, -0.2) is 13.2 Å². The summed E-state index contributed by atoms with van der Waals surface area (Å²) >= 11 is 0. The van der Waals surface area contributed by atoms with Gasteiger partial charge in [0.25, 0.3) is 0 Å². The monoisotopic (exact) mass is 267 g/mol. The fourth-order valence-corrected chi connectivity index (χ4v) is 1.83. The van der Waals surface area contributed by atoms with Gasteiger partial charge in [0, 0.05) is 0 Å². The van der Waals surface area contributed by atoms with E-state index in [0.29, 0.717) is 13.2 Å². The van der Waals surface area contributed by atoms with Crippen LogP contribution >= 0.6 is 0 Å². The highest BCUT2D eigenvalue weighted by Crippen LogP contribution is 2.24. The lowest BCUT2D eigenvalue weighted by Gasteiger charge is -2.07. The van der Waals surface area contributed by atoms with Gasteiger partial charge < -0.3 is 9.47 Å². The topological polar surface area (TPSA) is 18.5 Å². The molecular formula is C18H19O2. The van der Waals surface area contributed by atoms with Gasteiger partial charge in [0.05, 0.1) is 6.61 Å². The molecule has 0 unspecified atom stereocenters. The van der Waals surface area contributed by atoms with Crippen molar-refractivity contribution >= 4 is 0 Å². The second kappa shape index (κ2) is 7.39. The van der Waals surface area contributed by atoms with Crippen molar-refractivity contribution in [2.75, 3.05) is 13.2 Å². The van der Waals surface area contributed by atoms with E-state index in [-0.39, 0.29) is 0 Å². The first-order chi connectivity index (χ1) is 9.83. The third-order valence-corrected chi connectivity index (χ3v) is 2.82. The molecule has 0 fully saturated rings. The van der Waals surface area contributed by atoms with Crippen LogP contribution in [0.5, 0.6) is 11.5 Å². The zero-order chi connectivity index (χ0) is 14.2. The van der Waals surface area contributed by atoms with E-state index in [0.717, 1.165) is 29.0 Å². The van der Waals surface area contributed by atoms with Crippen LogP contribution in [0.15, 0.2) is 61.2 Å². The zero-order valence-electron chi connectivity index (χ0n) is 11.5. The van der Waals surface area contributed by atoms with Gasteiger partial charge in [-0.3, -0.25) is 0 Å². The molecule has 0 aromatic heterocycles. The molecule has 1 radical (unpaired) electrons. The molecule has 2 aromatic rings. The van der Waals surface area contributed by atoms with Crippen LogP contribution in [0, 0.1) is 6.92 Å². The Labute approximate surface area is 120 Å². The lowest BCUT2D eigenvalue weighted by atomic mass is 10.1. The predicted molar refractivity (Wildman–Crippen MR) is 83.0 cm³/mol. The lowest BCUT2D eigenvalue weighted by Crippen LogP contribution is -1.94. The molecule has 20 heavy (non-hydrogen) atoms. The fraction of sp³-hybridized carbons (Fsp3) is 0.167. The van der Waals surface area contributed by atoms with Crippen LogP contribution in [0.3, 0.4) is 0 Å². The standard InChI is InChI=1S/C18H19O2/c1-3-13-19-17-9-5-15(6-10-17)16-7-11-18(12-8-16)20-14-4-2/h3,5-12H,1-2,4,13-14H2. The molecule has 0 bridgehead atoms. The summed E-state index contributed by atoms with van der Waals surface area (Å²) in [6.45, 7) is 8.55. The van der Waals surface area contributed by atoms with Crippen LogP contribution in [0.25, 0.3) is 11.1 Å². The summed E-state index contributed by atoms with van der Waals surface area (Å²) in [5, 5.41) is 0. The third kappa shape index (κ3) is 3.89. The minimum atomic E-state index is 0.525. The Hall–Kier alpha value is -2.22. The summed E-state index contributed by atoms with van der Waals surface area (Å²) in [5.74, 6) is 1.73. The third-order valence-electron chi connectivity index (χ3n) is 2.82. The number of hydrogen-bond acceptors (Lipinski definition) is 2. The van der Waals surface area contributed by atoms with E-state index in [2.05, 4.69) is 25.6 Å². The van der Waals surface area contributed by atoms with Crippen LogP contribution in [0.2, 0.25) is 0 Å². The maximum Gasteiger partial charge on any atom is 0.119 e. The van der Waals surface area contributed by atoms with Crippen molar-refractivity contribution in [3.63, 3.8) is 0 Å². The molecule has 0 aliphatic heterocycles. The molecule has 2 rings (SSSR count). The number of ether oxygens (including phenoxy) is 2. The van der Waals surface area contributed by atoms with E-state index in [1.165, 1.54) is 0 Å². The van der Waals surface area contributed by atoms with Crippen LogP contribution in [-0.2, 0) is 0 Å². The fourth-order valence-electron chi connectivity index (χ4n) is 1.83. The normalized spacial score (nSPS) is 10.1. The van der Waals surface area contributed by atoms with Gasteiger partial charge >= 0.3 is 0 Å². The minimum absolute atomic E-state index is 0.525. The summed E-state index contributed by atoms with van der Waals surface area (Å²) in [6, 6.07) is 16.1. The molecule has 2 heteroatoms. The molecule has 0 aliphatic rings. The predicted octanol–water partition coefficient (Wildman–Crippen LogP) is 4.52. The number of hydrogen-bond donors (Lipinski definition) is 0. The lowest BCUT2D eigenvalue weighted by molar-refractivity contribution is 0.324. The molecule has 2 aromatic carbocycles. The van der Waals surface area contributed by atoms with E-state index in [1.54, 1.807) is 6.08 Å². The molecule has 2 nitrogen and oxygen atoms in total. The summed E-state index contributed by atoms with van der Waals surface area (Å²) in [6.07, 6.45) is 2.51. The van der Waals surface area contributed by atoms with Crippen molar-refractivity contribution in [1.29, 1.82) is 0 Å². The highest BCUT2D eigenvalue weighted by molar-refractivity contribution is 5.64. The Bertz CT molecular complexity index is 526. The summed E-state index contributed by atoms with van der Waals surface area (Å²) in [4.78, 5) is 0. The second-order valence-corrected chi connectivity index (χ2v) is 4.35. The van der Waals surface area contributed by atoms with Crippen molar-refractivity contribution in [2.45, 2.75) is 6.42 Å². The summed E-state index contributed by atoms with van der Waals surface area (Å²) < 4.78 is 11.0. The van der Waals surface area contributed by atoms with E-state index in [1.807, 2.05) is 36.4 Å². The minimum Gasteiger partial charge on any atom is -0.494 e. The van der Waals surface area contributed by atoms with Crippen molar-refractivity contribution in [3.8, 4) is 22.6 Å². The highest BCUT2D eigenvalue weighted by atomic mass is 16.5. The first-order valence-corrected chi connectivity index (χ1v) is 6.69. The average molecular weight is 267 g/mol.